The highest BCUT2D eigenvalue weighted by atomic mass is 19.4. The first kappa shape index (κ1) is 17.8. The highest BCUT2D eigenvalue weighted by Crippen LogP contribution is 2.32. The third kappa shape index (κ3) is 3.65. The molecule has 4 nitrogen and oxygen atoms in total. The van der Waals surface area contributed by atoms with Crippen LogP contribution in [0.25, 0.3) is 11.0 Å². The molecular weight excluding hydrogens is 331 g/mol. The second kappa shape index (κ2) is 7.06. The zero-order valence-electron chi connectivity index (χ0n) is 14.2. The van der Waals surface area contributed by atoms with E-state index in [1.54, 1.807) is 23.1 Å². The van der Waals surface area contributed by atoms with Gasteiger partial charge in [-0.1, -0.05) is 31.4 Å². The molecule has 0 N–H and O–H groups in total. The van der Waals surface area contributed by atoms with Crippen molar-refractivity contribution in [1.29, 1.82) is 0 Å². The summed E-state index contributed by atoms with van der Waals surface area (Å²) in [7, 11) is 0. The zero-order chi connectivity index (χ0) is 18.0. The minimum absolute atomic E-state index is 0.135. The first-order valence-corrected chi connectivity index (χ1v) is 8.73. The lowest BCUT2D eigenvalue weighted by Gasteiger charge is -2.34. The molecule has 136 valence electrons. The van der Waals surface area contributed by atoms with E-state index in [0.717, 1.165) is 36.7 Å². The molecule has 1 aromatic carbocycles. The van der Waals surface area contributed by atoms with E-state index in [0.29, 0.717) is 12.1 Å². The number of carbonyl (C=O) groups excluding carboxylic acids is 1. The van der Waals surface area contributed by atoms with Crippen molar-refractivity contribution in [3.63, 3.8) is 0 Å². The summed E-state index contributed by atoms with van der Waals surface area (Å²) in [6.07, 6.45) is 0.549. The number of halogens is 3. The fourth-order valence-electron chi connectivity index (χ4n) is 3.71. The van der Waals surface area contributed by atoms with E-state index in [2.05, 4.69) is 4.98 Å². The monoisotopic (exact) mass is 353 g/mol. The quantitative estimate of drug-likeness (QED) is 0.825. The van der Waals surface area contributed by atoms with Gasteiger partial charge in [0.15, 0.2) is 0 Å². The highest BCUT2D eigenvalue weighted by Gasteiger charge is 2.38. The minimum Gasteiger partial charge on any atom is -0.338 e. The van der Waals surface area contributed by atoms with Gasteiger partial charge in [-0.2, -0.15) is 13.2 Å². The Morgan fingerprint density at radius 3 is 2.56 bits per heavy atom. The highest BCUT2D eigenvalue weighted by molar-refractivity contribution is 5.81. The van der Waals surface area contributed by atoms with E-state index < -0.39 is 12.0 Å². The van der Waals surface area contributed by atoms with Crippen LogP contribution in [0.15, 0.2) is 24.3 Å². The van der Waals surface area contributed by atoms with Crippen molar-refractivity contribution in [2.24, 2.45) is 0 Å². The molecule has 1 amide bonds. The summed E-state index contributed by atoms with van der Waals surface area (Å²) in [6, 6.07) is 6.54. The van der Waals surface area contributed by atoms with Gasteiger partial charge in [-0.05, 0) is 31.9 Å². The average molecular weight is 353 g/mol. The smallest absolute Gasteiger partial charge is 0.338 e. The van der Waals surface area contributed by atoms with Crippen LogP contribution in [0.4, 0.5) is 13.2 Å². The molecule has 0 aliphatic heterocycles. The number of benzene rings is 1. The first-order chi connectivity index (χ1) is 11.9. The second-order valence-electron chi connectivity index (χ2n) is 6.48. The van der Waals surface area contributed by atoms with Gasteiger partial charge in [-0.15, -0.1) is 0 Å². The van der Waals surface area contributed by atoms with Crippen molar-refractivity contribution >= 4 is 16.9 Å². The number of likely N-dealkylation sites (N-methyl/N-ethyl adjacent to an activating group) is 1. The van der Waals surface area contributed by atoms with Crippen LogP contribution in [0, 0.1) is 0 Å². The number of hydrogen-bond donors (Lipinski definition) is 0. The Kier molecular flexibility index (Phi) is 5.01. The minimum atomic E-state index is -4.60. The summed E-state index contributed by atoms with van der Waals surface area (Å²) >= 11 is 0. The molecule has 0 bridgehead atoms. The number of hydrogen-bond acceptors (Lipinski definition) is 2. The van der Waals surface area contributed by atoms with E-state index in [4.69, 9.17) is 0 Å². The number of carbonyl (C=O) groups is 1. The SMILES string of the molecule is CCN(C(=O)Cn1c(C(F)(F)F)nc2ccccc21)C1CCCCC1. The molecule has 7 heteroatoms. The maximum atomic E-state index is 13.4. The lowest BCUT2D eigenvalue weighted by Crippen LogP contribution is -2.43. The van der Waals surface area contributed by atoms with Gasteiger partial charge in [0.1, 0.15) is 6.54 Å². The van der Waals surface area contributed by atoms with Crippen molar-refractivity contribution in [2.45, 2.75) is 57.8 Å². The topological polar surface area (TPSA) is 38.1 Å². The first-order valence-electron chi connectivity index (χ1n) is 8.73. The number of imidazole rings is 1. The maximum absolute atomic E-state index is 13.4. The Morgan fingerprint density at radius 1 is 1.24 bits per heavy atom. The number of para-hydroxylation sites is 2. The predicted molar refractivity (Wildman–Crippen MR) is 89.0 cm³/mol. The Hall–Kier alpha value is -2.05. The van der Waals surface area contributed by atoms with Crippen LogP contribution in [0.5, 0.6) is 0 Å². The van der Waals surface area contributed by atoms with Gasteiger partial charge in [0.2, 0.25) is 11.7 Å². The van der Waals surface area contributed by atoms with Gasteiger partial charge in [0.25, 0.3) is 0 Å². The van der Waals surface area contributed by atoms with Crippen molar-refractivity contribution in [3.8, 4) is 0 Å². The van der Waals surface area contributed by atoms with Crippen LogP contribution in [0.1, 0.15) is 44.9 Å². The molecular formula is C18H22F3N3O. The van der Waals surface area contributed by atoms with Crippen molar-refractivity contribution < 1.29 is 18.0 Å². The van der Waals surface area contributed by atoms with E-state index in [1.807, 2.05) is 6.92 Å². The Labute approximate surface area is 144 Å². The third-order valence-electron chi connectivity index (χ3n) is 4.88. The number of nitrogens with zero attached hydrogens (tertiary/aromatic N) is 3. The van der Waals surface area contributed by atoms with Crippen molar-refractivity contribution in [2.75, 3.05) is 6.54 Å². The molecule has 0 saturated heterocycles. The molecule has 0 atom stereocenters. The van der Waals surface area contributed by atoms with Gasteiger partial charge in [0, 0.05) is 12.6 Å². The predicted octanol–water partition coefficient (Wildman–Crippen LogP) is 4.24. The Morgan fingerprint density at radius 2 is 1.92 bits per heavy atom. The molecule has 1 saturated carbocycles. The summed E-state index contributed by atoms with van der Waals surface area (Å²) in [5.74, 6) is -1.29. The number of rotatable bonds is 4. The number of aromatic nitrogens is 2. The number of amides is 1. The summed E-state index contributed by atoms with van der Waals surface area (Å²) in [6.45, 7) is 2.06. The standard InChI is InChI=1S/C18H22F3N3O/c1-2-23(13-8-4-3-5-9-13)16(25)12-24-15-11-7-6-10-14(15)22-17(24)18(19,20)21/h6-7,10-11,13H,2-5,8-9,12H2,1H3. The Balaban J connectivity index is 1.91. The maximum Gasteiger partial charge on any atom is 0.449 e. The van der Waals surface area contributed by atoms with Crippen LogP contribution in [-0.2, 0) is 17.5 Å². The van der Waals surface area contributed by atoms with Crippen LogP contribution in [0.3, 0.4) is 0 Å². The van der Waals surface area contributed by atoms with Crippen molar-refractivity contribution in [3.05, 3.63) is 30.1 Å². The molecule has 1 aromatic heterocycles. The molecule has 0 unspecified atom stereocenters. The van der Waals surface area contributed by atoms with Crippen LogP contribution in [-0.4, -0.2) is 32.9 Å². The third-order valence-corrected chi connectivity index (χ3v) is 4.88. The van der Waals surface area contributed by atoms with Gasteiger partial charge in [-0.25, -0.2) is 4.98 Å². The summed E-state index contributed by atoms with van der Waals surface area (Å²) in [5, 5.41) is 0. The van der Waals surface area contributed by atoms with Crippen molar-refractivity contribution in [1.82, 2.24) is 14.5 Å². The van der Waals surface area contributed by atoms with Crippen LogP contribution in [0.2, 0.25) is 0 Å². The van der Waals surface area contributed by atoms with E-state index in [-0.39, 0.29) is 24.0 Å². The van der Waals surface area contributed by atoms with Gasteiger partial charge < -0.3 is 9.47 Å². The largest absolute Gasteiger partial charge is 0.449 e. The second-order valence-corrected chi connectivity index (χ2v) is 6.48. The molecule has 0 spiro atoms. The van der Waals surface area contributed by atoms with E-state index in [1.165, 1.54) is 6.07 Å². The van der Waals surface area contributed by atoms with Gasteiger partial charge in [-0.3, -0.25) is 4.79 Å². The Bertz CT molecular complexity index is 748. The number of alkyl halides is 3. The van der Waals surface area contributed by atoms with E-state index in [9.17, 15) is 18.0 Å². The summed E-state index contributed by atoms with van der Waals surface area (Å²) in [4.78, 5) is 18.2. The molecule has 1 fully saturated rings. The fraction of sp³-hybridized carbons (Fsp3) is 0.556. The zero-order valence-corrected chi connectivity index (χ0v) is 14.2. The lowest BCUT2D eigenvalue weighted by atomic mass is 9.94. The van der Waals surface area contributed by atoms with E-state index >= 15 is 0 Å². The fourth-order valence-corrected chi connectivity index (χ4v) is 3.71. The lowest BCUT2D eigenvalue weighted by molar-refractivity contribution is -0.148. The molecule has 2 aromatic rings. The summed E-state index contributed by atoms with van der Waals surface area (Å²) < 4.78 is 41.1. The number of fused-ring (bicyclic) bond motifs is 1. The molecule has 3 rings (SSSR count). The van der Waals surface area contributed by atoms with Crippen LogP contribution < -0.4 is 0 Å². The average Bonchev–Trinajstić information content (AvgIpc) is 2.96. The molecule has 0 radical (unpaired) electrons. The van der Waals surface area contributed by atoms with Crippen LogP contribution >= 0.6 is 0 Å². The molecule has 1 aliphatic carbocycles. The molecule has 1 aliphatic rings. The molecule has 1 heterocycles. The molecule has 25 heavy (non-hydrogen) atoms. The van der Waals surface area contributed by atoms with Gasteiger partial charge >= 0.3 is 6.18 Å². The van der Waals surface area contributed by atoms with Gasteiger partial charge in [0.05, 0.1) is 11.0 Å². The normalized spacial score (nSPS) is 16.3. The summed E-state index contributed by atoms with van der Waals surface area (Å²) in [5.41, 5.74) is 0.589.